The molecule has 1 amide bonds. The third-order valence-electron chi connectivity index (χ3n) is 3.82. The molecule has 1 atom stereocenters. The molecule has 0 unspecified atom stereocenters. The number of anilines is 2. The van der Waals surface area contributed by atoms with Gasteiger partial charge in [-0.2, -0.15) is 0 Å². The number of fused-ring (bicyclic) bond motifs is 1. The Morgan fingerprint density at radius 1 is 1.16 bits per heavy atom. The van der Waals surface area contributed by atoms with E-state index >= 15 is 0 Å². The summed E-state index contributed by atoms with van der Waals surface area (Å²) in [6.07, 6.45) is 1.68. The summed E-state index contributed by atoms with van der Waals surface area (Å²) in [5.74, 6) is -0.415. The van der Waals surface area contributed by atoms with Gasteiger partial charge in [-0.15, -0.1) is 6.58 Å². The lowest BCUT2D eigenvalue weighted by Gasteiger charge is -2.36. The number of carbonyl (C=O) groups excluding carboxylic acids is 1. The molecule has 1 N–H and O–H groups in total. The number of carbonyl (C=O) groups is 1. The van der Waals surface area contributed by atoms with Gasteiger partial charge in [-0.1, -0.05) is 41.4 Å². The second-order valence-corrected chi connectivity index (χ2v) is 8.05. The molecule has 8 heteroatoms. The van der Waals surface area contributed by atoms with Crippen LogP contribution in [0.1, 0.15) is 6.42 Å². The van der Waals surface area contributed by atoms with Crippen LogP contribution < -0.4 is 9.62 Å². The molecule has 0 saturated heterocycles. The highest BCUT2D eigenvalue weighted by Gasteiger charge is 2.40. The molecule has 0 aliphatic carbocycles. The molecular formula is C17H14Cl2N2O3S. The number of halogens is 2. The summed E-state index contributed by atoms with van der Waals surface area (Å²) >= 11 is 11.9. The van der Waals surface area contributed by atoms with Gasteiger partial charge in [-0.3, -0.25) is 9.10 Å². The number of rotatable bonds is 4. The van der Waals surface area contributed by atoms with Crippen molar-refractivity contribution in [3.05, 3.63) is 65.2 Å². The highest BCUT2D eigenvalue weighted by Crippen LogP contribution is 2.38. The van der Waals surface area contributed by atoms with Crippen molar-refractivity contribution in [3.8, 4) is 0 Å². The fraction of sp³-hybridized carbons (Fsp3) is 0.118. The van der Waals surface area contributed by atoms with Crippen molar-refractivity contribution in [3.63, 3.8) is 0 Å². The van der Waals surface area contributed by atoms with E-state index in [9.17, 15) is 13.2 Å². The first kappa shape index (κ1) is 17.8. The van der Waals surface area contributed by atoms with Crippen LogP contribution in [0, 0.1) is 0 Å². The Bertz CT molecular complexity index is 960. The van der Waals surface area contributed by atoms with Crippen LogP contribution in [0.3, 0.4) is 0 Å². The topological polar surface area (TPSA) is 66.5 Å². The van der Waals surface area contributed by atoms with Gasteiger partial charge < -0.3 is 5.32 Å². The molecule has 130 valence electrons. The normalized spacial score (nSPS) is 17.0. The molecule has 0 bridgehead atoms. The van der Waals surface area contributed by atoms with Crippen LogP contribution in [0.25, 0.3) is 0 Å². The Balaban J connectivity index is 2.20. The van der Waals surface area contributed by atoms with Crippen LogP contribution >= 0.6 is 23.2 Å². The van der Waals surface area contributed by atoms with Gasteiger partial charge in [0.2, 0.25) is 5.91 Å². The molecular weight excluding hydrogens is 383 g/mol. The molecule has 0 aromatic heterocycles. The Kier molecular flexibility index (Phi) is 4.77. The molecule has 0 fully saturated rings. The molecule has 25 heavy (non-hydrogen) atoms. The van der Waals surface area contributed by atoms with Crippen LogP contribution in [0.5, 0.6) is 0 Å². The van der Waals surface area contributed by atoms with E-state index in [1.807, 2.05) is 0 Å². The average Bonchev–Trinajstić information content (AvgIpc) is 2.57. The monoisotopic (exact) mass is 396 g/mol. The van der Waals surface area contributed by atoms with Gasteiger partial charge in [-0.05, 0) is 36.8 Å². The Labute approximate surface area is 155 Å². The van der Waals surface area contributed by atoms with Crippen LogP contribution in [0.2, 0.25) is 10.0 Å². The number of nitrogens with one attached hydrogen (secondary N) is 1. The Morgan fingerprint density at radius 2 is 1.88 bits per heavy atom. The van der Waals surface area contributed by atoms with E-state index in [2.05, 4.69) is 11.9 Å². The number of amides is 1. The second kappa shape index (κ2) is 6.71. The summed E-state index contributed by atoms with van der Waals surface area (Å²) in [6.45, 7) is 3.62. The lowest BCUT2D eigenvalue weighted by Crippen LogP contribution is -2.50. The minimum Gasteiger partial charge on any atom is -0.322 e. The van der Waals surface area contributed by atoms with E-state index in [-0.39, 0.29) is 21.4 Å². The van der Waals surface area contributed by atoms with Crippen molar-refractivity contribution in [2.24, 2.45) is 0 Å². The van der Waals surface area contributed by atoms with Crippen LogP contribution in [0.4, 0.5) is 11.4 Å². The van der Waals surface area contributed by atoms with Crippen molar-refractivity contribution >= 4 is 50.5 Å². The third kappa shape index (κ3) is 3.13. The van der Waals surface area contributed by atoms with Crippen molar-refractivity contribution in [1.82, 2.24) is 0 Å². The van der Waals surface area contributed by atoms with Gasteiger partial charge in [0.1, 0.15) is 6.04 Å². The Hall–Kier alpha value is -2.02. The minimum atomic E-state index is -4.04. The molecule has 2 aromatic rings. The predicted octanol–water partition coefficient (Wildman–Crippen LogP) is 4.09. The van der Waals surface area contributed by atoms with E-state index in [0.717, 1.165) is 4.31 Å². The Morgan fingerprint density at radius 3 is 2.56 bits per heavy atom. The SMILES string of the molecule is C=CC[C@@H]1C(=O)Nc2ccccc2N1S(=O)(=O)c1ccc(Cl)c(Cl)c1. The van der Waals surface area contributed by atoms with Gasteiger partial charge >= 0.3 is 0 Å². The van der Waals surface area contributed by atoms with E-state index < -0.39 is 22.0 Å². The maximum Gasteiger partial charge on any atom is 0.265 e. The van der Waals surface area contributed by atoms with E-state index in [4.69, 9.17) is 23.2 Å². The highest BCUT2D eigenvalue weighted by atomic mass is 35.5. The van der Waals surface area contributed by atoms with Gasteiger partial charge in [0.25, 0.3) is 10.0 Å². The van der Waals surface area contributed by atoms with E-state index in [0.29, 0.717) is 11.4 Å². The first-order valence-corrected chi connectivity index (χ1v) is 9.56. The number of hydrogen-bond donors (Lipinski definition) is 1. The lowest BCUT2D eigenvalue weighted by atomic mass is 10.1. The van der Waals surface area contributed by atoms with Gasteiger partial charge in [0, 0.05) is 0 Å². The minimum absolute atomic E-state index is 0.0412. The molecule has 0 spiro atoms. The number of nitrogens with zero attached hydrogens (tertiary/aromatic N) is 1. The number of benzene rings is 2. The van der Waals surface area contributed by atoms with Crippen molar-refractivity contribution < 1.29 is 13.2 Å². The predicted molar refractivity (Wildman–Crippen MR) is 99.8 cm³/mol. The van der Waals surface area contributed by atoms with Crippen molar-refractivity contribution in [1.29, 1.82) is 0 Å². The van der Waals surface area contributed by atoms with Gasteiger partial charge in [-0.25, -0.2) is 8.42 Å². The first-order chi connectivity index (χ1) is 11.9. The van der Waals surface area contributed by atoms with Crippen molar-refractivity contribution in [2.45, 2.75) is 17.4 Å². The van der Waals surface area contributed by atoms with Crippen LogP contribution in [-0.2, 0) is 14.8 Å². The standard InChI is InChI=1S/C17H14Cl2N2O3S/c1-2-5-16-17(22)20-14-6-3-4-7-15(14)21(16)25(23,24)11-8-9-12(18)13(19)10-11/h2-4,6-10,16H,1,5H2,(H,20,22)/t16-/m1/s1. The number of hydrogen-bond acceptors (Lipinski definition) is 3. The van der Waals surface area contributed by atoms with Gasteiger partial charge in [0.15, 0.2) is 0 Å². The zero-order valence-corrected chi connectivity index (χ0v) is 15.3. The molecule has 2 aromatic carbocycles. The maximum atomic E-state index is 13.3. The number of sulfonamides is 1. The molecule has 1 aliphatic rings. The lowest BCUT2D eigenvalue weighted by molar-refractivity contribution is -0.117. The van der Waals surface area contributed by atoms with Crippen LogP contribution in [-0.4, -0.2) is 20.4 Å². The molecule has 3 rings (SSSR count). The number of para-hydroxylation sites is 2. The summed E-state index contributed by atoms with van der Waals surface area (Å²) < 4.78 is 27.6. The molecule has 1 heterocycles. The fourth-order valence-electron chi connectivity index (χ4n) is 2.67. The summed E-state index contributed by atoms with van der Waals surface area (Å²) in [7, 11) is -4.04. The van der Waals surface area contributed by atoms with Crippen molar-refractivity contribution in [2.75, 3.05) is 9.62 Å². The molecule has 0 saturated carbocycles. The quantitative estimate of drug-likeness (QED) is 0.791. The van der Waals surface area contributed by atoms with Gasteiger partial charge in [0.05, 0.1) is 26.3 Å². The second-order valence-electron chi connectivity index (χ2n) is 5.42. The molecule has 0 radical (unpaired) electrons. The molecule has 1 aliphatic heterocycles. The summed E-state index contributed by atoms with van der Waals surface area (Å²) in [4.78, 5) is 12.4. The average molecular weight is 397 g/mol. The summed E-state index contributed by atoms with van der Waals surface area (Å²) in [6, 6.07) is 9.83. The molecule has 5 nitrogen and oxygen atoms in total. The largest absolute Gasteiger partial charge is 0.322 e. The zero-order chi connectivity index (χ0) is 18.2. The summed E-state index contributed by atoms with van der Waals surface area (Å²) in [5, 5.41) is 3.10. The van der Waals surface area contributed by atoms with Crippen LogP contribution in [0.15, 0.2) is 60.0 Å². The fourth-order valence-corrected chi connectivity index (χ4v) is 4.70. The maximum absolute atomic E-state index is 13.3. The zero-order valence-electron chi connectivity index (χ0n) is 12.9. The smallest absolute Gasteiger partial charge is 0.265 e. The van der Waals surface area contributed by atoms with E-state index in [1.54, 1.807) is 24.3 Å². The summed E-state index contributed by atoms with van der Waals surface area (Å²) in [5.41, 5.74) is 0.816. The highest BCUT2D eigenvalue weighted by molar-refractivity contribution is 7.93. The third-order valence-corrected chi connectivity index (χ3v) is 6.38. The first-order valence-electron chi connectivity index (χ1n) is 7.36. The van der Waals surface area contributed by atoms with E-state index in [1.165, 1.54) is 24.3 Å².